The monoisotopic (exact) mass is 454 g/mol. The summed E-state index contributed by atoms with van der Waals surface area (Å²) >= 11 is 3.61. The van der Waals surface area contributed by atoms with Gasteiger partial charge in [0.05, 0.1) is 26.8 Å². The summed E-state index contributed by atoms with van der Waals surface area (Å²) in [6, 6.07) is 10.8. The van der Waals surface area contributed by atoms with Crippen LogP contribution in [-0.2, 0) is 24.2 Å². The van der Waals surface area contributed by atoms with E-state index in [0.717, 1.165) is 37.2 Å². The van der Waals surface area contributed by atoms with Gasteiger partial charge in [0.25, 0.3) is 0 Å². The average Bonchev–Trinajstić information content (AvgIpc) is 3.49. The average molecular weight is 455 g/mol. The molecule has 7 heteroatoms. The van der Waals surface area contributed by atoms with Crippen molar-refractivity contribution in [3.05, 3.63) is 67.5 Å². The predicted molar refractivity (Wildman–Crippen MR) is 124 cm³/mol. The zero-order chi connectivity index (χ0) is 21.4. The molecule has 0 unspecified atom stereocenters. The molecule has 0 fully saturated rings. The van der Waals surface area contributed by atoms with E-state index in [2.05, 4.69) is 33.9 Å². The molecule has 5 nitrogen and oxygen atoms in total. The van der Waals surface area contributed by atoms with E-state index >= 15 is 0 Å². The minimum atomic E-state index is 0.181. The van der Waals surface area contributed by atoms with Crippen molar-refractivity contribution in [1.82, 2.24) is 9.80 Å². The zero-order valence-corrected chi connectivity index (χ0v) is 19.4. The molecule has 2 aliphatic heterocycles. The topological polar surface area (TPSA) is 42.0 Å². The molecule has 0 aliphatic carbocycles. The quantitative estimate of drug-likeness (QED) is 0.575. The van der Waals surface area contributed by atoms with Gasteiger partial charge in [-0.1, -0.05) is 6.07 Å². The van der Waals surface area contributed by atoms with Gasteiger partial charge >= 0.3 is 0 Å². The van der Waals surface area contributed by atoms with Gasteiger partial charge in [-0.25, -0.2) is 0 Å². The number of methoxy groups -OCH3 is 2. The van der Waals surface area contributed by atoms with E-state index in [1.165, 1.54) is 20.9 Å². The van der Waals surface area contributed by atoms with E-state index in [1.807, 2.05) is 28.4 Å². The second-order valence-corrected chi connectivity index (χ2v) is 9.96. The molecule has 0 N–H and O–H groups in total. The molecule has 0 saturated heterocycles. The fourth-order valence-electron chi connectivity index (χ4n) is 4.69. The molecule has 0 radical (unpaired) electrons. The van der Waals surface area contributed by atoms with Gasteiger partial charge in [0, 0.05) is 29.4 Å². The first-order chi connectivity index (χ1) is 15.2. The van der Waals surface area contributed by atoms with Gasteiger partial charge in [0.15, 0.2) is 11.5 Å². The Morgan fingerprint density at radius 1 is 1.03 bits per heavy atom. The number of carbonyl (C=O) groups excluding carboxylic acids is 1. The van der Waals surface area contributed by atoms with Crippen LogP contribution in [0.25, 0.3) is 0 Å². The Labute approximate surface area is 190 Å². The van der Waals surface area contributed by atoms with Gasteiger partial charge in [-0.3, -0.25) is 9.69 Å². The number of hydrogen-bond acceptors (Lipinski definition) is 6. The number of hydrogen-bond donors (Lipinski definition) is 0. The van der Waals surface area contributed by atoms with Gasteiger partial charge in [-0.2, -0.15) is 0 Å². The SMILES string of the molecule is COc1cc2c(cc1OC)CN(C(=O)CN1CCc3sccc3[C@@H]1c1cccs1)CC2. The van der Waals surface area contributed by atoms with E-state index in [1.54, 1.807) is 25.6 Å². The maximum absolute atomic E-state index is 13.4. The maximum atomic E-state index is 13.4. The van der Waals surface area contributed by atoms with Gasteiger partial charge < -0.3 is 14.4 Å². The molecule has 3 aromatic rings. The summed E-state index contributed by atoms with van der Waals surface area (Å²) in [6.45, 7) is 2.72. The standard InChI is InChI=1S/C24H26N2O3S2/c1-28-19-12-16-5-8-25(14-17(16)13-20(19)29-2)23(27)15-26-9-6-21-18(7-11-31-21)24(26)22-4-3-10-30-22/h3-4,7,10-13,24H,5-6,8-9,14-15H2,1-2H3/t24-/m1/s1. The minimum Gasteiger partial charge on any atom is -0.493 e. The number of amides is 1. The highest BCUT2D eigenvalue weighted by molar-refractivity contribution is 7.10. The maximum Gasteiger partial charge on any atom is 0.237 e. The van der Waals surface area contributed by atoms with Crippen molar-refractivity contribution in [3.8, 4) is 11.5 Å². The first kappa shape index (κ1) is 20.5. The molecule has 5 rings (SSSR count). The molecule has 4 heterocycles. The zero-order valence-electron chi connectivity index (χ0n) is 17.8. The summed E-state index contributed by atoms with van der Waals surface area (Å²) in [6.07, 6.45) is 1.85. The normalized spacial score (nSPS) is 18.4. The number of ether oxygens (including phenoxy) is 2. The highest BCUT2D eigenvalue weighted by Crippen LogP contribution is 2.39. The summed E-state index contributed by atoms with van der Waals surface area (Å²) in [4.78, 5) is 20.5. The molecule has 2 aliphatic rings. The van der Waals surface area contributed by atoms with Crippen LogP contribution in [0.2, 0.25) is 0 Å². The van der Waals surface area contributed by atoms with E-state index in [0.29, 0.717) is 18.8 Å². The second-order valence-electron chi connectivity index (χ2n) is 7.98. The van der Waals surface area contributed by atoms with Gasteiger partial charge in [-0.15, -0.1) is 22.7 Å². The van der Waals surface area contributed by atoms with Crippen LogP contribution in [0.5, 0.6) is 11.5 Å². The molecule has 0 bridgehead atoms. The molecule has 1 amide bonds. The number of thiophene rings is 2. The van der Waals surface area contributed by atoms with E-state index < -0.39 is 0 Å². The summed E-state index contributed by atoms with van der Waals surface area (Å²) in [5.41, 5.74) is 3.75. The van der Waals surface area contributed by atoms with Crippen LogP contribution >= 0.6 is 22.7 Å². The van der Waals surface area contributed by atoms with Crippen molar-refractivity contribution < 1.29 is 14.3 Å². The Bertz CT molecular complexity index is 1080. The lowest BCUT2D eigenvalue weighted by Crippen LogP contribution is -2.45. The van der Waals surface area contributed by atoms with Crippen molar-refractivity contribution in [3.63, 3.8) is 0 Å². The van der Waals surface area contributed by atoms with Crippen LogP contribution in [0.3, 0.4) is 0 Å². The summed E-state index contributed by atoms with van der Waals surface area (Å²) in [7, 11) is 3.31. The molecular weight excluding hydrogens is 428 g/mol. The number of carbonyl (C=O) groups is 1. The Hall–Kier alpha value is -2.35. The van der Waals surface area contributed by atoms with Crippen LogP contribution in [0.4, 0.5) is 0 Å². The van der Waals surface area contributed by atoms with Gasteiger partial charge in [0.2, 0.25) is 5.91 Å². The van der Waals surface area contributed by atoms with Gasteiger partial charge in [-0.05, 0) is 64.6 Å². The molecule has 31 heavy (non-hydrogen) atoms. The van der Waals surface area contributed by atoms with Crippen LogP contribution in [0, 0.1) is 0 Å². The third-order valence-electron chi connectivity index (χ3n) is 6.29. The van der Waals surface area contributed by atoms with E-state index in [9.17, 15) is 4.79 Å². The van der Waals surface area contributed by atoms with Crippen LogP contribution in [-0.4, -0.2) is 49.6 Å². The van der Waals surface area contributed by atoms with Crippen molar-refractivity contribution in [1.29, 1.82) is 0 Å². The lowest BCUT2D eigenvalue weighted by molar-refractivity contribution is -0.133. The van der Waals surface area contributed by atoms with Gasteiger partial charge in [0.1, 0.15) is 0 Å². The molecule has 162 valence electrons. The van der Waals surface area contributed by atoms with Crippen LogP contribution < -0.4 is 9.47 Å². The predicted octanol–water partition coefficient (Wildman–Crippen LogP) is 4.36. The minimum absolute atomic E-state index is 0.181. The summed E-state index contributed by atoms with van der Waals surface area (Å²) in [5.74, 6) is 1.66. The lowest BCUT2D eigenvalue weighted by Gasteiger charge is -2.37. The number of fused-ring (bicyclic) bond motifs is 2. The molecule has 0 saturated carbocycles. The lowest BCUT2D eigenvalue weighted by atomic mass is 9.97. The van der Waals surface area contributed by atoms with Crippen LogP contribution in [0.15, 0.2) is 41.1 Å². The molecule has 0 spiro atoms. The van der Waals surface area contributed by atoms with Crippen LogP contribution in [0.1, 0.15) is 32.5 Å². The highest BCUT2D eigenvalue weighted by atomic mass is 32.1. The second kappa shape index (κ2) is 8.65. The third kappa shape index (κ3) is 3.86. The molecule has 2 aromatic heterocycles. The molecule has 1 atom stereocenters. The fourth-order valence-corrected chi connectivity index (χ4v) is 6.47. The fraction of sp³-hybridized carbons (Fsp3) is 0.375. The molecular formula is C24H26N2O3S2. The van der Waals surface area contributed by atoms with Crippen molar-refractivity contribution in [2.75, 3.05) is 33.9 Å². The summed E-state index contributed by atoms with van der Waals surface area (Å²) in [5, 5.41) is 4.30. The Morgan fingerprint density at radius 2 is 1.84 bits per heavy atom. The third-order valence-corrected chi connectivity index (χ3v) is 8.21. The Morgan fingerprint density at radius 3 is 2.58 bits per heavy atom. The Kier molecular flexibility index (Phi) is 5.73. The van der Waals surface area contributed by atoms with E-state index in [-0.39, 0.29) is 11.9 Å². The highest BCUT2D eigenvalue weighted by Gasteiger charge is 2.33. The largest absolute Gasteiger partial charge is 0.493 e. The van der Waals surface area contributed by atoms with Crippen molar-refractivity contribution >= 4 is 28.6 Å². The molecule has 1 aromatic carbocycles. The smallest absolute Gasteiger partial charge is 0.237 e. The summed E-state index contributed by atoms with van der Waals surface area (Å²) < 4.78 is 10.9. The van der Waals surface area contributed by atoms with E-state index in [4.69, 9.17) is 9.47 Å². The first-order valence-corrected chi connectivity index (χ1v) is 12.3. The van der Waals surface area contributed by atoms with Crippen molar-refractivity contribution in [2.45, 2.75) is 25.4 Å². The van der Waals surface area contributed by atoms with Crippen molar-refractivity contribution in [2.24, 2.45) is 0 Å². The number of nitrogens with zero attached hydrogens (tertiary/aromatic N) is 2. The number of benzene rings is 1. The Balaban J connectivity index is 1.35. The number of rotatable bonds is 5. The first-order valence-electron chi connectivity index (χ1n) is 10.5.